The third kappa shape index (κ3) is 3.48. The first-order chi connectivity index (χ1) is 11.2. The highest BCUT2D eigenvalue weighted by atomic mass is 16.5. The van der Waals surface area contributed by atoms with Crippen LogP contribution in [0.25, 0.3) is 10.9 Å². The van der Waals surface area contributed by atoms with Crippen molar-refractivity contribution in [2.75, 3.05) is 7.11 Å². The summed E-state index contributed by atoms with van der Waals surface area (Å²) in [5, 5.41) is 3.84. The predicted molar refractivity (Wildman–Crippen MR) is 90.6 cm³/mol. The minimum atomic E-state index is -0.178. The molecule has 2 aromatic carbocycles. The second-order valence-electron chi connectivity index (χ2n) is 5.42. The molecule has 0 atom stereocenters. The summed E-state index contributed by atoms with van der Waals surface area (Å²) in [6.07, 6.45) is 0. The van der Waals surface area contributed by atoms with Crippen LogP contribution >= 0.6 is 0 Å². The Labute approximate surface area is 135 Å². The molecule has 0 aliphatic rings. The summed E-state index contributed by atoms with van der Waals surface area (Å²) in [6, 6.07) is 17.3. The second-order valence-corrected chi connectivity index (χ2v) is 5.42. The van der Waals surface area contributed by atoms with E-state index in [4.69, 9.17) is 4.74 Å². The lowest BCUT2D eigenvalue weighted by Crippen LogP contribution is -2.23. The largest absolute Gasteiger partial charge is 0.497 e. The molecule has 116 valence electrons. The molecule has 0 spiro atoms. The zero-order valence-corrected chi connectivity index (χ0v) is 13.2. The van der Waals surface area contributed by atoms with Crippen LogP contribution < -0.4 is 10.1 Å². The average Bonchev–Trinajstić information content (AvgIpc) is 2.60. The summed E-state index contributed by atoms with van der Waals surface area (Å²) < 4.78 is 5.19. The van der Waals surface area contributed by atoms with Crippen molar-refractivity contribution >= 4 is 16.8 Å². The minimum absolute atomic E-state index is 0.178. The van der Waals surface area contributed by atoms with E-state index in [9.17, 15) is 4.79 Å². The van der Waals surface area contributed by atoms with Crippen LogP contribution in [0.4, 0.5) is 0 Å². The highest BCUT2D eigenvalue weighted by Crippen LogP contribution is 2.19. The lowest BCUT2D eigenvalue weighted by atomic mass is 10.1. The van der Waals surface area contributed by atoms with E-state index in [-0.39, 0.29) is 5.91 Å². The summed E-state index contributed by atoms with van der Waals surface area (Å²) in [5.41, 5.74) is 3.45. The molecule has 0 aliphatic carbocycles. The van der Waals surface area contributed by atoms with Gasteiger partial charge < -0.3 is 10.1 Å². The van der Waals surface area contributed by atoms with E-state index in [0.29, 0.717) is 12.2 Å². The van der Waals surface area contributed by atoms with Crippen molar-refractivity contribution in [2.24, 2.45) is 0 Å². The number of pyridine rings is 1. The van der Waals surface area contributed by atoms with Gasteiger partial charge in [-0.05, 0) is 36.8 Å². The number of ether oxygens (including phenoxy) is 1. The van der Waals surface area contributed by atoms with E-state index in [1.54, 1.807) is 13.2 Å². The van der Waals surface area contributed by atoms with Crippen LogP contribution in [0.3, 0.4) is 0 Å². The molecule has 0 radical (unpaired) electrons. The summed E-state index contributed by atoms with van der Waals surface area (Å²) in [4.78, 5) is 16.7. The molecule has 0 unspecified atom stereocenters. The number of nitrogens with zero attached hydrogens (tertiary/aromatic N) is 1. The predicted octanol–water partition coefficient (Wildman–Crippen LogP) is 3.48. The van der Waals surface area contributed by atoms with E-state index >= 15 is 0 Å². The molecule has 1 heterocycles. The van der Waals surface area contributed by atoms with Gasteiger partial charge >= 0.3 is 0 Å². The van der Waals surface area contributed by atoms with Crippen molar-refractivity contribution in [2.45, 2.75) is 13.5 Å². The first kappa shape index (κ1) is 15.0. The molecule has 1 N–H and O–H groups in total. The number of fused-ring (bicyclic) bond motifs is 1. The summed E-state index contributed by atoms with van der Waals surface area (Å²) >= 11 is 0. The molecule has 1 aromatic heterocycles. The quantitative estimate of drug-likeness (QED) is 0.803. The zero-order chi connectivity index (χ0) is 16.2. The number of benzene rings is 2. The first-order valence-corrected chi connectivity index (χ1v) is 7.44. The number of carbonyl (C=O) groups is 1. The van der Waals surface area contributed by atoms with Crippen LogP contribution in [0.5, 0.6) is 5.75 Å². The number of hydrogen-bond acceptors (Lipinski definition) is 3. The molecule has 0 fully saturated rings. The van der Waals surface area contributed by atoms with E-state index < -0.39 is 0 Å². The Morgan fingerprint density at radius 1 is 1.09 bits per heavy atom. The smallest absolute Gasteiger partial charge is 0.270 e. The molecule has 0 bridgehead atoms. The Kier molecular flexibility index (Phi) is 4.24. The van der Waals surface area contributed by atoms with Crippen LogP contribution in [0.15, 0.2) is 54.6 Å². The number of nitrogens with one attached hydrogen (secondary N) is 1. The Morgan fingerprint density at radius 3 is 2.61 bits per heavy atom. The number of rotatable bonds is 4. The van der Waals surface area contributed by atoms with Gasteiger partial charge in [0.2, 0.25) is 0 Å². The highest BCUT2D eigenvalue weighted by Gasteiger charge is 2.08. The summed E-state index contributed by atoms with van der Waals surface area (Å²) in [6.45, 7) is 2.53. The van der Waals surface area contributed by atoms with Crippen LogP contribution in [-0.2, 0) is 6.54 Å². The standard InChI is InChI=1S/C19H18N2O2/c1-13-3-5-14(6-4-13)12-20-19(22)18-9-7-15-11-16(23-2)8-10-17(15)21-18/h3-11H,12H2,1-2H3,(H,20,22). The van der Waals surface area contributed by atoms with Crippen LogP contribution in [0, 0.1) is 6.92 Å². The topological polar surface area (TPSA) is 51.2 Å². The molecule has 0 saturated heterocycles. The van der Waals surface area contributed by atoms with Gasteiger partial charge in [-0.3, -0.25) is 4.79 Å². The van der Waals surface area contributed by atoms with Gasteiger partial charge in [0, 0.05) is 11.9 Å². The average molecular weight is 306 g/mol. The molecule has 4 heteroatoms. The molecule has 0 aliphatic heterocycles. The maximum absolute atomic E-state index is 12.3. The fourth-order valence-corrected chi connectivity index (χ4v) is 2.34. The zero-order valence-electron chi connectivity index (χ0n) is 13.2. The van der Waals surface area contributed by atoms with Crippen molar-refractivity contribution in [3.05, 3.63) is 71.4 Å². The monoisotopic (exact) mass is 306 g/mol. The third-order valence-electron chi connectivity index (χ3n) is 3.70. The Balaban J connectivity index is 1.74. The molecule has 0 saturated carbocycles. The first-order valence-electron chi connectivity index (χ1n) is 7.44. The maximum Gasteiger partial charge on any atom is 0.270 e. The van der Waals surface area contributed by atoms with E-state index in [0.717, 1.165) is 22.2 Å². The number of methoxy groups -OCH3 is 1. The summed E-state index contributed by atoms with van der Waals surface area (Å²) in [5.74, 6) is 0.596. The molecule has 3 aromatic rings. The number of carbonyl (C=O) groups excluding carboxylic acids is 1. The Bertz CT molecular complexity index is 842. The van der Waals surface area contributed by atoms with Crippen molar-refractivity contribution in [1.29, 1.82) is 0 Å². The molecule has 3 rings (SSSR count). The molecule has 4 nitrogen and oxygen atoms in total. The SMILES string of the molecule is COc1ccc2nc(C(=O)NCc3ccc(C)cc3)ccc2c1. The molecular formula is C19H18N2O2. The fourth-order valence-electron chi connectivity index (χ4n) is 2.34. The Morgan fingerprint density at radius 2 is 1.87 bits per heavy atom. The number of amides is 1. The van der Waals surface area contributed by atoms with Crippen molar-refractivity contribution in [1.82, 2.24) is 10.3 Å². The van der Waals surface area contributed by atoms with E-state index in [1.165, 1.54) is 5.56 Å². The fraction of sp³-hybridized carbons (Fsp3) is 0.158. The van der Waals surface area contributed by atoms with Gasteiger partial charge in [0.05, 0.1) is 12.6 Å². The van der Waals surface area contributed by atoms with Crippen molar-refractivity contribution in [3.63, 3.8) is 0 Å². The lowest BCUT2D eigenvalue weighted by molar-refractivity contribution is 0.0946. The van der Waals surface area contributed by atoms with Gasteiger partial charge in [0.15, 0.2) is 0 Å². The molecule has 1 amide bonds. The normalized spacial score (nSPS) is 10.5. The van der Waals surface area contributed by atoms with Gasteiger partial charge in [-0.1, -0.05) is 35.9 Å². The minimum Gasteiger partial charge on any atom is -0.497 e. The van der Waals surface area contributed by atoms with Gasteiger partial charge in [0.25, 0.3) is 5.91 Å². The van der Waals surface area contributed by atoms with Gasteiger partial charge in [0.1, 0.15) is 11.4 Å². The third-order valence-corrected chi connectivity index (χ3v) is 3.70. The van der Waals surface area contributed by atoms with Gasteiger partial charge in [-0.2, -0.15) is 0 Å². The van der Waals surface area contributed by atoms with E-state index in [1.807, 2.05) is 55.5 Å². The second kappa shape index (κ2) is 6.48. The van der Waals surface area contributed by atoms with Crippen LogP contribution in [0.1, 0.15) is 21.6 Å². The van der Waals surface area contributed by atoms with Crippen LogP contribution in [-0.4, -0.2) is 18.0 Å². The maximum atomic E-state index is 12.3. The number of aromatic nitrogens is 1. The number of hydrogen-bond donors (Lipinski definition) is 1. The molecular weight excluding hydrogens is 288 g/mol. The lowest BCUT2D eigenvalue weighted by Gasteiger charge is -2.07. The van der Waals surface area contributed by atoms with Crippen LogP contribution in [0.2, 0.25) is 0 Å². The van der Waals surface area contributed by atoms with Crippen molar-refractivity contribution in [3.8, 4) is 5.75 Å². The van der Waals surface area contributed by atoms with Gasteiger partial charge in [-0.25, -0.2) is 4.98 Å². The number of aryl methyl sites for hydroxylation is 1. The van der Waals surface area contributed by atoms with Crippen molar-refractivity contribution < 1.29 is 9.53 Å². The van der Waals surface area contributed by atoms with Gasteiger partial charge in [-0.15, -0.1) is 0 Å². The molecule has 23 heavy (non-hydrogen) atoms. The Hall–Kier alpha value is -2.88. The van der Waals surface area contributed by atoms with E-state index in [2.05, 4.69) is 10.3 Å². The highest BCUT2D eigenvalue weighted by molar-refractivity contribution is 5.95. The summed E-state index contributed by atoms with van der Waals surface area (Å²) in [7, 11) is 1.63.